The van der Waals surface area contributed by atoms with Gasteiger partial charge in [0.25, 0.3) is 0 Å². The average Bonchev–Trinajstić information content (AvgIpc) is 3.24. The van der Waals surface area contributed by atoms with E-state index in [0.29, 0.717) is 43.4 Å². The Bertz CT molecular complexity index is 1090. The number of aliphatic hydroxyl groups excluding tert-OH is 1. The summed E-state index contributed by atoms with van der Waals surface area (Å²) >= 11 is 0. The van der Waals surface area contributed by atoms with Gasteiger partial charge in [0.15, 0.2) is 6.23 Å². The summed E-state index contributed by atoms with van der Waals surface area (Å²) in [5.74, 6) is -0.637. The van der Waals surface area contributed by atoms with Crippen LogP contribution < -0.4 is 9.80 Å². The van der Waals surface area contributed by atoms with Gasteiger partial charge >= 0.3 is 6.09 Å². The number of carbonyl (C=O) groups is 3. The predicted molar refractivity (Wildman–Crippen MR) is 119 cm³/mol. The summed E-state index contributed by atoms with van der Waals surface area (Å²) in [6.45, 7) is 2.94. The molecular formula is C22H25FN6O5. The molecule has 2 aliphatic rings. The molecule has 1 aromatic carbocycles. The molecule has 0 radical (unpaired) electrons. The molecule has 12 heteroatoms. The number of carbonyl (C=O) groups excluding carboxylic acids is 3. The fourth-order valence-corrected chi connectivity index (χ4v) is 3.85. The summed E-state index contributed by atoms with van der Waals surface area (Å²) in [6, 6.07) is 4.37. The van der Waals surface area contributed by atoms with E-state index in [-0.39, 0.29) is 23.9 Å². The van der Waals surface area contributed by atoms with Gasteiger partial charge in [-0.2, -0.15) is 0 Å². The number of anilines is 2. The number of benzene rings is 1. The minimum absolute atomic E-state index is 0.0999. The van der Waals surface area contributed by atoms with Crippen molar-refractivity contribution in [1.82, 2.24) is 19.8 Å². The normalized spacial score (nSPS) is 18.2. The summed E-state index contributed by atoms with van der Waals surface area (Å²) in [7, 11) is 1.53. The number of cyclic esters (lactones) is 1. The van der Waals surface area contributed by atoms with Crippen LogP contribution in [0.1, 0.15) is 6.92 Å². The highest BCUT2D eigenvalue weighted by Gasteiger charge is 2.36. The van der Waals surface area contributed by atoms with Crippen LogP contribution in [0.25, 0.3) is 11.1 Å². The molecule has 34 heavy (non-hydrogen) atoms. The number of likely N-dealkylation sites (N-methyl/N-ethyl adjacent to an activating group) is 1. The molecular weight excluding hydrogens is 447 g/mol. The molecule has 0 aliphatic carbocycles. The molecule has 3 amide bonds. The van der Waals surface area contributed by atoms with E-state index in [1.165, 1.54) is 48.3 Å². The van der Waals surface area contributed by atoms with Crippen molar-refractivity contribution in [3.05, 3.63) is 36.4 Å². The van der Waals surface area contributed by atoms with Crippen LogP contribution in [0, 0.1) is 5.82 Å². The van der Waals surface area contributed by atoms with Crippen LogP contribution in [0.15, 0.2) is 30.6 Å². The van der Waals surface area contributed by atoms with Crippen LogP contribution in [0.2, 0.25) is 0 Å². The minimum Gasteiger partial charge on any atom is -0.423 e. The van der Waals surface area contributed by atoms with Gasteiger partial charge in [0.2, 0.25) is 17.8 Å². The summed E-state index contributed by atoms with van der Waals surface area (Å²) in [4.78, 5) is 50.1. The standard InChI is InChI=1S/C22H25FN6O5/c1-14(31)26(2)20-12-29(22(33)34-20)16-3-4-17(18(23)9-16)15-10-24-21(25-11-15)28-7-5-27(6-8-28)19(32)13-30/h3-4,9-11,20,30H,5-8,12-13H2,1-2H3/t20-/m0/s1. The molecule has 0 unspecified atom stereocenters. The number of amides is 3. The second-order valence-electron chi connectivity index (χ2n) is 8.04. The van der Waals surface area contributed by atoms with Gasteiger partial charge in [0, 0.05) is 63.7 Å². The van der Waals surface area contributed by atoms with E-state index in [4.69, 9.17) is 9.84 Å². The van der Waals surface area contributed by atoms with Crippen molar-refractivity contribution < 1.29 is 28.6 Å². The maximum Gasteiger partial charge on any atom is 0.416 e. The minimum atomic E-state index is -0.739. The summed E-state index contributed by atoms with van der Waals surface area (Å²) in [5.41, 5.74) is 1.07. The smallest absolute Gasteiger partial charge is 0.416 e. The molecule has 0 bridgehead atoms. The van der Waals surface area contributed by atoms with E-state index in [1.54, 1.807) is 11.0 Å². The van der Waals surface area contributed by atoms with Gasteiger partial charge in [0.05, 0.1) is 12.2 Å². The van der Waals surface area contributed by atoms with E-state index >= 15 is 0 Å². The summed E-state index contributed by atoms with van der Waals surface area (Å²) in [5, 5.41) is 8.98. The number of aliphatic hydroxyl groups is 1. The van der Waals surface area contributed by atoms with Crippen molar-refractivity contribution in [2.75, 3.05) is 56.2 Å². The second kappa shape index (κ2) is 9.59. The molecule has 11 nitrogen and oxygen atoms in total. The molecule has 3 heterocycles. The number of halogens is 1. The first-order valence-electron chi connectivity index (χ1n) is 10.8. The molecule has 0 spiro atoms. The molecule has 2 saturated heterocycles. The van der Waals surface area contributed by atoms with Crippen molar-refractivity contribution in [2.45, 2.75) is 13.2 Å². The van der Waals surface area contributed by atoms with E-state index < -0.39 is 24.7 Å². The number of hydrogen-bond acceptors (Lipinski definition) is 8. The largest absolute Gasteiger partial charge is 0.423 e. The first kappa shape index (κ1) is 23.4. The number of aromatic nitrogens is 2. The van der Waals surface area contributed by atoms with Crippen molar-refractivity contribution in [2.24, 2.45) is 0 Å². The van der Waals surface area contributed by atoms with Crippen LogP contribution in [0.4, 0.5) is 20.8 Å². The van der Waals surface area contributed by atoms with Crippen molar-refractivity contribution in [3.8, 4) is 11.1 Å². The van der Waals surface area contributed by atoms with E-state index in [0.717, 1.165) is 0 Å². The van der Waals surface area contributed by atoms with Crippen LogP contribution in [-0.4, -0.2) is 95.4 Å². The van der Waals surface area contributed by atoms with E-state index in [1.807, 2.05) is 4.90 Å². The lowest BCUT2D eigenvalue weighted by Crippen LogP contribution is -2.50. The summed E-state index contributed by atoms with van der Waals surface area (Å²) < 4.78 is 20.2. The Hall–Kier alpha value is -3.80. The maximum absolute atomic E-state index is 14.9. The molecule has 1 aromatic heterocycles. The Morgan fingerprint density at radius 3 is 2.47 bits per heavy atom. The molecule has 4 rings (SSSR count). The van der Waals surface area contributed by atoms with Crippen LogP contribution >= 0.6 is 0 Å². The van der Waals surface area contributed by atoms with Gasteiger partial charge in [0.1, 0.15) is 12.4 Å². The third-order valence-electron chi connectivity index (χ3n) is 5.99. The number of hydrogen-bond donors (Lipinski definition) is 1. The zero-order valence-corrected chi connectivity index (χ0v) is 18.8. The fourth-order valence-electron chi connectivity index (χ4n) is 3.85. The Balaban J connectivity index is 1.44. The first-order chi connectivity index (χ1) is 16.3. The van der Waals surface area contributed by atoms with Crippen LogP contribution in [0.5, 0.6) is 0 Å². The SMILES string of the molecule is CC(=O)N(C)[C@@H]1CN(c2ccc(-c3cnc(N4CCN(C(=O)CO)CC4)nc3)c(F)c2)C(=O)O1. The number of rotatable bonds is 5. The van der Waals surface area contributed by atoms with Gasteiger partial charge in [-0.05, 0) is 18.2 Å². The highest BCUT2D eigenvalue weighted by Crippen LogP contribution is 2.29. The van der Waals surface area contributed by atoms with Gasteiger partial charge in [-0.3, -0.25) is 14.5 Å². The Kier molecular flexibility index (Phi) is 6.59. The van der Waals surface area contributed by atoms with Crippen LogP contribution in [0.3, 0.4) is 0 Å². The highest BCUT2D eigenvalue weighted by atomic mass is 19.1. The van der Waals surface area contributed by atoms with Crippen molar-refractivity contribution >= 4 is 29.5 Å². The van der Waals surface area contributed by atoms with Crippen LogP contribution in [-0.2, 0) is 14.3 Å². The number of nitrogens with zero attached hydrogens (tertiary/aromatic N) is 6. The van der Waals surface area contributed by atoms with Gasteiger partial charge < -0.3 is 24.5 Å². The van der Waals surface area contributed by atoms with E-state index in [9.17, 15) is 18.8 Å². The van der Waals surface area contributed by atoms with E-state index in [2.05, 4.69) is 9.97 Å². The lowest BCUT2D eigenvalue weighted by molar-refractivity contribution is -0.135. The lowest BCUT2D eigenvalue weighted by atomic mass is 10.1. The second-order valence-corrected chi connectivity index (χ2v) is 8.04. The van der Waals surface area contributed by atoms with Crippen molar-refractivity contribution in [1.29, 1.82) is 0 Å². The topological polar surface area (TPSA) is 119 Å². The Morgan fingerprint density at radius 2 is 1.88 bits per heavy atom. The number of ether oxygens (including phenoxy) is 1. The highest BCUT2D eigenvalue weighted by molar-refractivity contribution is 5.90. The molecule has 2 aliphatic heterocycles. The van der Waals surface area contributed by atoms with Crippen molar-refractivity contribution in [3.63, 3.8) is 0 Å². The van der Waals surface area contributed by atoms with Gasteiger partial charge in [-0.15, -0.1) is 0 Å². The Morgan fingerprint density at radius 1 is 1.21 bits per heavy atom. The molecule has 1 atom stereocenters. The third kappa shape index (κ3) is 4.62. The zero-order chi connectivity index (χ0) is 24.4. The molecule has 1 N–H and O–H groups in total. The molecule has 0 saturated carbocycles. The van der Waals surface area contributed by atoms with Gasteiger partial charge in [-0.25, -0.2) is 19.2 Å². The number of piperazine rings is 1. The average molecular weight is 472 g/mol. The molecule has 180 valence electrons. The first-order valence-corrected chi connectivity index (χ1v) is 10.8. The quantitative estimate of drug-likeness (QED) is 0.675. The monoisotopic (exact) mass is 472 g/mol. The fraction of sp³-hybridized carbons (Fsp3) is 0.409. The van der Waals surface area contributed by atoms with Gasteiger partial charge in [-0.1, -0.05) is 0 Å². The predicted octanol–water partition coefficient (Wildman–Crippen LogP) is 0.685. The lowest BCUT2D eigenvalue weighted by Gasteiger charge is -2.34. The third-order valence-corrected chi connectivity index (χ3v) is 5.99. The summed E-state index contributed by atoms with van der Waals surface area (Å²) in [6.07, 6.45) is 1.65. The maximum atomic E-state index is 14.9. The molecule has 2 fully saturated rings. The Labute approximate surface area is 195 Å². The molecule has 2 aromatic rings. The zero-order valence-electron chi connectivity index (χ0n) is 18.8.